The first-order chi connectivity index (χ1) is 11.8. The van der Waals surface area contributed by atoms with Crippen molar-refractivity contribution in [3.63, 3.8) is 0 Å². The average Bonchev–Trinajstić information content (AvgIpc) is 3.11. The first-order valence-corrected chi connectivity index (χ1v) is 8.42. The van der Waals surface area contributed by atoms with Crippen LogP contribution in [0.5, 0.6) is 0 Å². The standard InChI is InChI=1S/C20H21N3O2/c1-20(2,3)23-17-12-22(19(24)25)11-16(17)21-18(23)15-9-8-13-6-4-5-7-14(13)10-15/h4-10H,11-12H2,1-3H3,(H,24,25). The zero-order valence-corrected chi connectivity index (χ0v) is 14.7. The van der Waals surface area contributed by atoms with Gasteiger partial charge in [0.2, 0.25) is 0 Å². The third kappa shape index (κ3) is 2.56. The maximum absolute atomic E-state index is 11.3. The minimum absolute atomic E-state index is 0.184. The Balaban J connectivity index is 1.88. The summed E-state index contributed by atoms with van der Waals surface area (Å²) in [5, 5.41) is 11.7. The van der Waals surface area contributed by atoms with Gasteiger partial charge in [-0.25, -0.2) is 9.78 Å². The van der Waals surface area contributed by atoms with Crippen LogP contribution in [0.3, 0.4) is 0 Å². The number of carboxylic acid groups (broad SMARTS) is 1. The highest BCUT2D eigenvalue weighted by Crippen LogP contribution is 2.35. The van der Waals surface area contributed by atoms with Crippen LogP contribution in [-0.2, 0) is 18.6 Å². The Morgan fingerprint density at radius 2 is 1.80 bits per heavy atom. The van der Waals surface area contributed by atoms with E-state index in [1.54, 1.807) is 0 Å². The molecule has 0 saturated carbocycles. The SMILES string of the molecule is CC(C)(C)n1c(-c2ccc3ccccc3c2)nc2c1CN(C(=O)O)C2. The van der Waals surface area contributed by atoms with Crippen LogP contribution in [0.2, 0.25) is 0 Å². The van der Waals surface area contributed by atoms with E-state index in [1.807, 2.05) is 12.1 Å². The summed E-state index contributed by atoms with van der Waals surface area (Å²) in [6, 6.07) is 14.6. The number of hydrogen-bond donors (Lipinski definition) is 1. The number of fused-ring (bicyclic) bond motifs is 2. The normalized spacial score (nSPS) is 14.1. The molecule has 0 atom stereocenters. The molecule has 1 N–H and O–H groups in total. The summed E-state index contributed by atoms with van der Waals surface area (Å²) in [4.78, 5) is 17.6. The highest BCUT2D eigenvalue weighted by atomic mass is 16.4. The Hall–Kier alpha value is -2.82. The molecule has 0 aliphatic carbocycles. The van der Waals surface area contributed by atoms with Crippen molar-refractivity contribution in [1.82, 2.24) is 14.5 Å². The largest absolute Gasteiger partial charge is 0.465 e. The fourth-order valence-corrected chi connectivity index (χ4v) is 3.59. The van der Waals surface area contributed by atoms with Crippen molar-refractivity contribution in [3.05, 3.63) is 53.9 Å². The quantitative estimate of drug-likeness (QED) is 0.714. The van der Waals surface area contributed by atoms with Crippen LogP contribution < -0.4 is 0 Å². The maximum Gasteiger partial charge on any atom is 0.408 e. The number of rotatable bonds is 1. The van der Waals surface area contributed by atoms with Crippen molar-refractivity contribution >= 4 is 16.9 Å². The topological polar surface area (TPSA) is 58.4 Å². The van der Waals surface area contributed by atoms with Crippen molar-refractivity contribution in [2.75, 3.05) is 0 Å². The van der Waals surface area contributed by atoms with Gasteiger partial charge in [-0.15, -0.1) is 0 Å². The molecule has 0 unspecified atom stereocenters. The summed E-state index contributed by atoms with van der Waals surface area (Å²) in [6.07, 6.45) is -0.897. The van der Waals surface area contributed by atoms with Gasteiger partial charge < -0.3 is 9.67 Å². The molecule has 0 radical (unpaired) electrons. The molecule has 1 aliphatic heterocycles. The summed E-state index contributed by atoms with van der Waals surface area (Å²) in [6.45, 7) is 7.13. The smallest absolute Gasteiger partial charge is 0.408 e. The summed E-state index contributed by atoms with van der Waals surface area (Å²) in [5.74, 6) is 0.910. The van der Waals surface area contributed by atoms with Crippen LogP contribution in [0.25, 0.3) is 22.2 Å². The molecule has 0 fully saturated rings. The predicted molar refractivity (Wildman–Crippen MR) is 97.4 cm³/mol. The average molecular weight is 335 g/mol. The van der Waals surface area contributed by atoms with Gasteiger partial charge in [0.15, 0.2) is 0 Å². The second-order valence-corrected chi connectivity index (χ2v) is 7.54. The number of aromatic nitrogens is 2. The monoisotopic (exact) mass is 335 g/mol. The van der Waals surface area contributed by atoms with Gasteiger partial charge in [0.25, 0.3) is 0 Å². The summed E-state index contributed by atoms with van der Waals surface area (Å²) in [7, 11) is 0. The Bertz CT molecular complexity index is 982. The predicted octanol–water partition coefficient (Wildman–Crippen LogP) is 4.45. The van der Waals surface area contributed by atoms with Crippen molar-refractivity contribution in [1.29, 1.82) is 0 Å². The van der Waals surface area contributed by atoms with Gasteiger partial charge in [0.1, 0.15) is 5.82 Å². The minimum Gasteiger partial charge on any atom is -0.465 e. The Labute approximate surface area is 146 Å². The number of benzene rings is 2. The number of amides is 1. The number of imidazole rings is 1. The minimum atomic E-state index is -0.897. The first kappa shape index (κ1) is 15.7. The van der Waals surface area contributed by atoms with Gasteiger partial charge in [-0.1, -0.05) is 36.4 Å². The third-order valence-corrected chi connectivity index (χ3v) is 4.69. The molecule has 2 aromatic carbocycles. The van der Waals surface area contributed by atoms with Crippen LogP contribution >= 0.6 is 0 Å². The second kappa shape index (κ2) is 5.34. The molecular weight excluding hydrogens is 314 g/mol. The lowest BCUT2D eigenvalue weighted by Gasteiger charge is -2.26. The molecule has 4 rings (SSSR count). The van der Waals surface area contributed by atoms with Crippen LogP contribution in [0.4, 0.5) is 4.79 Å². The molecular formula is C20H21N3O2. The van der Waals surface area contributed by atoms with Crippen LogP contribution in [0.1, 0.15) is 32.2 Å². The van der Waals surface area contributed by atoms with Crippen molar-refractivity contribution in [2.45, 2.75) is 39.4 Å². The molecule has 1 aromatic heterocycles. The lowest BCUT2D eigenvalue weighted by molar-refractivity contribution is 0.143. The summed E-state index contributed by atoms with van der Waals surface area (Å²) in [5.41, 5.74) is 2.74. The Morgan fingerprint density at radius 1 is 1.08 bits per heavy atom. The van der Waals surface area contributed by atoms with Gasteiger partial charge in [0.05, 0.1) is 24.5 Å². The van der Waals surface area contributed by atoms with E-state index in [1.165, 1.54) is 15.7 Å². The molecule has 3 aromatic rings. The fourth-order valence-electron chi connectivity index (χ4n) is 3.59. The second-order valence-electron chi connectivity index (χ2n) is 7.54. The lowest BCUT2D eigenvalue weighted by atomic mass is 10.0. The van der Waals surface area contributed by atoms with Crippen LogP contribution in [-0.4, -0.2) is 25.7 Å². The highest BCUT2D eigenvalue weighted by Gasteiger charge is 2.33. The van der Waals surface area contributed by atoms with Gasteiger partial charge in [0, 0.05) is 11.1 Å². The Morgan fingerprint density at radius 3 is 2.48 bits per heavy atom. The lowest BCUT2D eigenvalue weighted by Crippen LogP contribution is -2.28. The number of carbonyl (C=O) groups is 1. The van der Waals surface area contributed by atoms with Gasteiger partial charge in [-0.2, -0.15) is 0 Å². The molecule has 0 saturated heterocycles. The fraction of sp³-hybridized carbons (Fsp3) is 0.300. The van der Waals surface area contributed by atoms with Crippen LogP contribution in [0, 0.1) is 0 Å². The molecule has 2 heterocycles. The highest BCUT2D eigenvalue weighted by molar-refractivity contribution is 5.86. The Kier molecular flexibility index (Phi) is 3.35. The van der Waals surface area contributed by atoms with Gasteiger partial charge >= 0.3 is 6.09 Å². The van der Waals surface area contributed by atoms with Crippen molar-refractivity contribution in [3.8, 4) is 11.4 Å². The molecule has 5 heteroatoms. The van der Waals surface area contributed by atoms with Crippen LogP contribution in [0.15, 0.2) is 42.5 Å². The van der Waals surface area contributed by atoms with E-state index in [0.717, 1.165) is 22.8 Å². The molecule has 0 bridgehead atoms. The number of hydrogen-bond acceptors (Lipinski definition) is 2. The zero-order valence-electron chi connectivity index (χ0n) is 14.7. The first-order valence-electron chi connectivity index (χ1n) is 8.42. The van der Waals surface area contributed by atoms with E-state index in [0.29, 0.717) is 13.1 Å². The molecule has 0 spiro atoms. The van der Waals surface area contributed by atoms with E-state index in [2.05, 4.69) is 55.7 Å². The summed E-state index contributed by atoms with van der Waals surface area (Å²) < 4.78 is 2.19. The molecule has 128 valence electrons. The molecule has 1 amide bonds. The van der Waals surface area contributed by atoms with E-state index in [-0.39, 0.29) is 5.54 Å². The summed E-state index contributed by atoms with van der Waals surface area (Å²) >= 11 is 0. The van der Waals surface area contributed by atoms with Crippen molar-refractivity contribution in [2.24, 2.45) is 0 Å². The van der Waals surface area contributed by atoms with E-state index in [9.17, 15) is 9.90 Å². The number of nitrogens with zero attached hydrogens (tertiary/aromatic N) is 3. The molecule has 1 aliphatic rings. The zero-order chi connectivity index (χ0) is 17.8. The van der Waals surface area contributed by atoms with E-state index >= 15 is 0 Å². The van der Waals surface area contributed by atoms with Gasteiger partial charge in [-0.05, 0) is 37.6 Å². The third-order valence-electron chi connectivity index (χ3n) is 4.69. The molecule has 25 heavy (non-hydrogen) atoms. The van der Waals surface area contributed by atoms with E-state index < -0.39 is 6.09 Å². The van der Waals surface area contributed by atoms with Gasteiger partial charge in [-0.3, -0.25) is 4.90 Å². The van der Waals surface area contributed by atoms with Crippen molar-refractivity contribution < 1.29 is 9.90 Å². The van der Waals surface area contributed by atoms with E-state index in [4.69, 9.17) is 4.98 Å². The maximum atomic E-state index is 11.3. The molecule has 5 nitrogen and oxygen atoms in total.